The lowest BCUT2D eigenvalue weighted by molar-refractivity contribution is 0.0595. The van der Waals surface area contributed by atoms with Crippen LogP contribution in [0.2, 0.25) is 0 Å². The van der Waals surface area contributed by atoms with Crippen LogP contribution in [0.25, 0.3) is 0 Å². The molecule has 2 nitrogen and oxygen atoms in total. The van der Waals surface area contributed by atoms with Crippen molar-refractivity contribution in [1.82, 2.24) is 10.2 Å². The number of rotatable bonds is 7. The monoisotopic (exact) mass is 294 g/mol. The predicted molar refractivity (Wildman–Crippen MR) is 92.6 cm³/mol. The van der Waals surface area contributed by atoms with E-state index in [0.717, 1.165) is 17.9 Å². The summed E-state index contributed by atoms with van der Waals surface area (Å²) in [6.45, 7) is 15.7. The van der Waals surface area contributed by atoms with E-state index < -0.39 is 0 Å². The van der Waals surface area contributed by atoms with Crippen LogP contribution in [0, 0.1) is 17.3 Å². The van der Waals surface area contributed by atoms with E-state index in [1.54, 1.807) is 0 Å². The minimum Gasteiger partial charge on any atom is -0.311 e. The van der Waals surface area contributed by atoms with Crippen LogP contribution in [0.4, 0.5) is 0 Å². The fraction of sp³-hybridized carbons (Fsp3) is 1.00. The first-order valence-electron chi connectivity index (χ1n) is 9.43. The van der Waals surface area contributed by atoms with Gasteiger partial charge in [0.1, 0.15) is 0 Å². The molecule has 0 spiro atoms. The van der Waals surface area contributed by atoms with Crippen LogP contribution in [0.3, 0.4) is 0 Å². The minimum absolute atomic E-state index is 0.373. The Kier molecular flexibility index (Phi) is 6.14. The maximum Gasteiger partial charge on any atom is 0.0249 e. The molecule has 0 aromatic rings. The number of hydrogen-bond acceptors (Lipinski definition) is 2. The van der Waals surface area contributed by atoms with Gasteiger partial charge in [0.25, 0.3) is 0 Å². The van der Waals surface area contributed by atoms with Gasteiger partial charge in [0.15, 0.2) is 0 Å². The number of piperazine rings is 1. The van der Waals surface area contributed by atoms with E-state index in [1.165, 1.54) is 58.2 Å². The van der Waals surface area contributed by atoms with Gasteiger partial charge in [-0.2, -0.15) is 0 Å². The summed E-state index contributed by atoms with van der Waals surface area (Å²) in [4.78, 5) is 2.87. The number of nitrogens with zero attached hydrogens (tertiary/aromatic N) is 1. The smallest absolute Gasteiger partial charge is 0.0249 e. The molecule has 2 rings (SSSR count). The van der Waals surface area contributed by atoms with E-state index in [1.807, 2.05) is 0 Å². The average molecular weight is 295 g/mol. The molecule has 1 saturated carbocycles. The lowest BCUT2D eigenvalue weighted by Gasteiger charge is -2.46. The van der Waals surface area contributed by atoms with Gasteiger partial charge in [-0.1, -0.05) is 53.9 Å². The third kappa shape index (κ3) is 4.96. The van der Waals surface area contributed by atoms with E-state index in [-0.39, 0.29) is 0 Å². The molecule has 2 aliphatic rings. The van der Waals surface area contributed by atoms with Crippen molar-refractivity contribution in [1.29, 1.82) is 0 Å². The lowest BCUT2D eigenvalue weighted by Crippen LogP contribution is -2.61. The maximum absolute atomic E-state index is 3.85. The van der Waals surface area contributed by atoms with E-state index >= 15 is 0 Å². The molecule has 2 fully saturated rings. The van der Waals surface area contributed by atoms with E-state index in [0.29, 0.717) is 11.5 Å². The van der Waals surface area contributed by atoms with Crippen molar-refractivity contribution in [3.8, 4) is 0 Å². The van der Waals surface area contributed by atoms with Crippen LogP contribution in [-0.2, 0) is 0 Å². The standard InChI is InChI=1S/C19H38N2/c1-6-8-9-15(7-2)13-21-14-18(19(3,4)5)20-12-17(21)16-10-11-16/h15-18,20H,6-14H2,1-5H3. The Hall–Kier alpha value is -0.0800. The van der Waals surface area contributed by atoms with Gasteiger partial charge in [-0.05, 0) is 36.5 Å². The molecule has 124 valence electrons. The first-order valence-corrected chi connectivity index (χ1v) is 9.43. The molecule has 21 heavy (non-hydrogen) atoms. The van der Waals surface area contributed by atoms with Crippen LogP contribution in [0.1, 0.15) is 73.1 Å². The van der Waals surface area contributed by atoms with Gasteiger partial charge in [-0.15, -0.1) is 0 Å². The fourth-order valence-corrected chi connectivity index (χ4v) is 3.81. The predicted octanol–water partition coefficient (Wildman–Crippen LogP) is 4.30. The molecule has 0 amide bonds. The molecular formula is C19H38N2. The van der Waals surface area contributed by atoms with E-state index in [9.17, 15) is 0 Å². The zero-order valence-corrected chi connectivity index (χ0v) is 15.1. The zero-order valence-electron chi connectivity index (χ0n) is 15.1. The molecule has 0 radical (unpaired) electrons. The van der Waals surface area contributed by atoms with Crippen molar-refractivity contribution in [2.24, 2.45) is 17.3 Å². The Bertz CT molecular complexity index is 303. The summed E-state index contributed by atoms with van der Waals surface area (Å²) < 4.78 is 0. The molecule has 3 atom stereocenters. The molecule has 0 bridgehead atoms. The Balaban J connectivity index is 1.96. The summed E-state index contributed by atoms with van der Waals surface area (Å²) in [5.74, 6) is 1.90. The van der Waals surface area contributed by atoms with Crippen LogP contribution in [0.5, 0.6) is 0 Å². The molecule has 1 aliphatic carbocycles. The highest BCUT2D eigenvalue weighted by Gasteiger charge is 2.41. The molecule has 0 aromatic heterocycles. The Morgan fingerprint density at radius 3 is 2.43 bits per heavy atom. The molecular weight excluding hydrogens is 256 g/mol. The van der Waals surface area contributed by atoms with Gasteiger partial charge < -0.3 is 5.32 Å². The fourth-order valence-electron chi connectivity index (χ4n) is 3.81. The third-order valence-electron chi connectivity index (χ3n) is 5.71. The highest BCUT2D eigenvalue weighted by molar-refractivity contribution is 4.98. The summed E-state index contributed by atoms with van der Waals surface area (Å²) >= 11 is 0. The molecule has 1 N–H and O–H groups in total. The Labute approximate surface area is 133 Å². The molecule has 1 saturated heterocycles. The quantitative estimate of drug-likeness (QED) is 0.753. The second-order valence-electron chi connectivity index (χ2n) is 8.60. The van der Waals surface area contributed by atoms with Crippen LogP contribution >= 0.6 is 0 Å². The van der Waals surface area contributed by atoms with Gasteiger partial charge in [0, 0.05) is 31.7 Å². The highest BCUT2D eigenvalue weighted by Crippen LogP contribution is 2.38. The second-order valence-corrected chi connectivity index (χ2v) is 8.60. The highest BCUT2D eigenvalue weighted by atomic mass is 15.2. The van der Waals surface area contributed by atoms with E-state index in [4.69, 9.17) is 0 Å². The van der Waals surface area contributed by atoms with Crippen LogP contribution < -0.4 is 5.32 Å². The molecule has 1 heterocycles. The largest absolute Gasteiger partial charge is 0.311 e. The molecule has 1 aliphatic heterocycles. The van der Waals surface area contributed by atoms with Crippen LogP contribution in [0.15, 0.2) is 0 Å². The van der Waals surface area contributed by atoms with Gasteiger partial charge in [-0.3, -0.25) is 4.90 Å². The van der Waals surface area contributed by atoms with Crippen LogP contribution in [-0.4, -0.2) is 36.6 Å². The summed E-state index contributed by atoms with van der Waals surface area (Å²) in [5.41, 5.74) is 0.373. The van der Waals surface area contributed by atoms with Crippen molar-refractivity contribution < 1.29 is 0 Å². The van der Waals surface area contributed by atoms with Crippen molar-refractivity contribution in [3.05, 3.63) is 0 Å². The van der Waals surface area contributed by atoms with Crippen molar-refractivity contribution in [2.45, 2.75) is 85.2 Å². The van der Waals surface area contributed by atoms with Crippen molar-refractivity contribution in [3.63, 3.8) is 0 Å². The van der Waals surface area contributed by atoms with Crippen molar-refractivity contribution >= 4 is 0 Å². The van der Waals surface area contributed by atoms with Gasteiger partial charge in [-0.25, -0.2) is 0 Å². The summed E-state index contributed by atoms with van der Waals surface area (Å²) in [6, 6.07) is 1.47. The second kappa shape index (κ2) is 7.46. The number of unbranched alkanes of at least 4 members (excludes halogenated alkanes) is 1. The first kappa shape index (κ1) is 17.3. The summed E-state index contributed by atoms with van der Waals surface area (Å²) in [5, 5.41) is 3.85. The topological polar surface area (TPSA) is 15.3 Å². The maximum atomic E-state index is 3.85. The zero-order chi connectivity index (χ0) is 15.5. The molecule has 3 unspecified atom stereocenters. The van der Waals surface area contributed by atoms with Crippen molar-refractivity contribution in [2.75, 3.05) is 19.6 Å². The lowest BCUT2D eigenvalue weighted by atomic mass is 9.83. The summed E-state index contributed by atoms with van der Waals surface area (Å²) in [7, 11) is 0. The van der Waals surface area contributed by atoms with Gasteiger partial charge in [0.2, 0.25) is 0 Å². The Morgan fingerprint density at radius 1 is 1.19 bits per heavy atom. The van der Waals surface area contributed by atoms with Gasteiger partial charge >= 0.3 is 0 Å². The minimum atomic E-state index is 0.373. The average Bonchev–Trinajstić information content (AvgIpc) is 3.26. The number of nitrogens with one attached hydrogen (secondary N) is 1. The normalized spacial score (nSPS) is 29.6. The molecule has 0 aromatic carbocycles. The number of hydrogen-bond donors (Lipinski definition) is 1. The molecule has 2 heteroatoms. The Morgan fingerprint density at radius 2 is 1.90 bits per heavy atom. The SMILES string of the molecule is CCCCC(CC)CN1CC(C(C)(C)C)NCC1C1CC1. The third-order valence-corrected chi connectivity index (χ3v) is 5.71. The summed E-state index contributed by atoms with van der Waals surface area (Å²) in [6.07, 6.45) is 8.45. The van der Waals surface area contributed by atoms with Gasteiger partial charge in [0.05, 0.1) is 0 Å². The first-order chi connectivity index (χ1) is 9.95. The van der Waals surface area contributed by atoms with E-state index in [2.05, 4.69) is 44.8 Å².